The van der Waals surface area contributed by atoms with Crippen LogP contribution in [0.1, 0.15) is 26.7 Å². The SMILES string of the molecule is CC(C)NC1CCCN(c2cccc(F)c2F)C1=O. The number of nitrogens with one attached hydrogen (secondary N) is 1. The average molecular weight is 268 g/mol. The normalized spacial score (nSPS) is 20.2. The van der Waals surface area contributed by atoms with Crippen molar-refractivity contribution in [1.82, 2.24) is 5.32 Å². The third kappa shape index (κ3) is 2.92. The molecule has 0 spiro atoms. The van der Waals surface area contributed by atoms with E-state index in [1.165, 1.54) is 17.0 Å². The molecule has 1 N–H and O–H groups in total. The zero-order valence-corrected chi connectivity index (χ0v) is 11.1. The molecule has 1 saturated heterocycles. The predicted octanol–water partition coefficient (Wildman–Crippen LogP) is 2.46. The van der Waals surface area contributed by atoms with Crippen molar-refractivity contribution in [2.45, 2.75) is 38.8 Å². The number of hydrogen-bond donors (Lipinski definition) is 1. The van der Waals surface area contributed by atoms with Gasteiger partial charge in [0.05, 0.1) is 11.7 Å². The second-order valence-corrected chi connectivity index (χ2v) is 5.08. The van der Waals surface area contributed by atoms with Gasteiger partial charge in [-0.1, -0.05) is 19.9 Å². The van der Waals surface area contributed by atoms with Gasteiger partial charge in [0.15, 0.2) is 11.6 Å². The van der Waals surface area contributed by atoms with Crippen LogP contribution < -0.4 is 10.2 Å². The van der Waals surface area contributed by atoms with Crippen LogP contribution in [0.5, 0.6) is 0 Å². The number of carbonyl (C=O) groups is 1. The van der Waals surface area contributed by atoms with Crippen molar-refractivity contribution in [2.75, 3.05) is 11.4 Å². The topological polar surface area (TPSA) is 32.3 Å². The van der Waals surface area contributed by atoms with Gasteiger partial charge in [-0.3, -0.25) is 4.79 Å². The number of nitrogens with zero attached hydrogens (tertiary/aromatic N) is 1. The molecule has 1 aliphatic heterocycles. The van der Waals surface area contributed by atoms with E-state index < -0.39 is 11.6 Å². The van der Waals surface area contributed by atoms with Crippen molar-refractivity contribution in [3.05, 3.63) is 29.8 Å². The maximum absolute atomic E-state index is 13.8. The van der Waals surface area contributed by atoms with Gasteiger partial charge in [0.2, 0.25) is 5.91 Å². The van der Waals surface area contributed by atoms with Gasteiger partial charge in [-0.2, -0.15) is 0 Å². The number of halogens is 2. The van der Waals surface area contributed by atoms with Crippen LogP contribution in [0.2, 0.25) is 0 Å². The Hall–Kier alpha value is -1.49. The lowest BCUT2D eigenvalue weighted by molar-refractivity contribution is -0.122. The molecule has 19 heavy (non-hydrogen) atoms. The van der Waals surface area contributed by atoms with Crippen LogP contribution in [-0.4, -0.2) is 24.5 Å². The number of carbonyl (C=O) groups excluding carboxylic acids is 1. The summed E-state index contributed by atoms with van der Waals surface area (Å²) in [4.78, 5) is 13.6. The van der Waals surface area contributed by atoms with E-state index in [2.05, 4.69) is 5.32 Å². The van der Waals surface area contributed by atoms with Crippen molar-refractivity contribution in [3.63, 3.8) is 0 Å². The predicted molar refractivity (Wildman–Crippen MR) is 70.0 cm³/mol. The fourth-order valence-electron chi connectivity index (χ4n) is 2.37. The third-order valence-corrected chi connectivity index (χ3v) is 3.20. The Labute approximate surface area is 111 Å². The molecule has 104 valence electrons. The molecule has 1 heterocycles. The zero-order chi connectivity index (χ0) is 14.0. The van der Waals surface area contributed by atoms with Crippen molar-refractivity contribution in [3.8, 4) is 0 Å². The summed E-state index contributed by atoms with van der Waals surface area (Å²) in [7, 11) is 0. The van der Waals surface area contributed by atoms with Crippen molar-refractivity contribution >= 4 is 11.6 Å². The van der Waals surface area contributed by atoms with Crippen molar-refractivity contribution in [1.29, 1.82) is 0 Å². The van der Waals surface area contributed by atoms with E-state index in [1.54, 1.807) is 0 Å². The quantitative estimate of drug-likeness (QED) is 0.913. The molecule has 1 aliphatic rings. The van der Waals surface area contributed by atoms with Gasteiger partial charge in [0, 0.05) is 12.6 Å². The van der Waals surface area contributed by atoms with E-state index in [-0.39, 0.29) is 23.7 Å². The van der Waals surface area contributed by atoms with Gasteiger partial charge >= 0.3 is 0 Å². The second-order valence-electron chi connectivity index (χ2n) is 5.08. The van der Waals surface area contributed by atoms with Crippen LogP contribution in [0, 0.1) is 11.6 Å². The maximum Gasteiger partial charge on any atom is 0.244 e. The minimum Gasteiger partial charge on any atom is -0.308 e. The molecule has 1 amide bonds. The minimum absolute atomic E-state index is 0.0280. The number of piperidine rings is 1. The first-order valence-electron chi connectivity index (χ1n) is 6.52. The fraction of sp³-hybridized carbons (Fsp3) is 0.500. The lowest BCUT2D eigenvalue weighted by atomic mass is 10.0. The van der Waals surface area contributed by atoms with E-state index in [1.807, 2.05) is 13.8 Å². The van der Waals surface area contributed by atoms with E-state index in [0.717, 1.165) is 18.9 Å². The smallest absolute Gasteiger partial charge is 0.244 e. The summed E-state index contributed by atoms with van der Waals surface area (Å²) in [5.41, 5.74) is 0.0280. The van der Waals surface area contributed by atoms with E-state index >= 15 is 0 Å². The molecular weight excluding hydrogens is 250 g/mol. The number of amides is 1. The molecule has 0 saturated carbocycles. The maximum atomic E-state index is 13.8. The van der Waals surface area contributed by atoms with Crippen LogP contribution in [0.3, 0.4) is 0 Å². The summed E-state index contributed by atoms with van der Waals surface area (Å²) in [5.74, 6) is -2.07. The Bertz CT molecular complexity index is 477. The van der Waals surface area contributed by atoms with Crippen LogP contribution in [0.4, 0.5) is 14.5 Å². The molecule has 5 heteroatoms. The van der Waals surface area contributed by atoms with Gasteiger partial charge in [-0.15, -0.1) is 0 Å². The van der Waals surface area contributed by atoms with Crippen LogP contribution >= 0.6 is 0 Å². The van der Waals surface area contributed by atoms with Crippen molar-refractivity contribution < 1.29 is 13.6 Å². The molecule has 1 atom stereocenters. The Morgan fingerprint density at radius 2 is 2.11 bits per heavy atom. The Kier molecular flexibility index (Phi) is 4.14. The summed E-state index contributed by atoms with van der Waals surface area (Å²) in [6.45, 7) is 4.33. The first kappa shape index (κ1) is 13.9. The van der Waals surface area contributed by atoms with Gasteiger partial charge in [-0.25, -0.2) is 8.78 Å². The largest absolute Gasteiger partial charge is 0.308 e. The molecule has 0 aliphatic carbocycles. The number of hydrogen-bond acceptors (Lipinski definition) is 2. The molecule has 1 aromatic carbocycles. The molecule has 1 unspecified atom stereocenters. The molecule has 1 fully saturated rings. The summed E-state index contributed by atoms with van der Waals surface area (Å²) in [6.07, 6.45) is 1.50. The lowest BCUT2D eigenvalue weighted by Crippen LogP contribution is -2.52. The second kappa shape index (κ2) is 5.65. The van der Waals surface area contributed by atoms with Gasteiger partial charge in [0.1, 0.15) is 0 Å². The van der Waals surface area contributed by atoms with Crippen molar-refractivity contribution in [2.24, 2.45) is 0 Å². The van der Waals surface area contributed by atoms with Gasteiger partial charge in [0.25, 0.3) is 0 Å². The highest BCUT2D eigenvalue weighted by molar-refractivity contribution is 5.98. The Morgan fingerprint density at radius 3 is 2.79 bits per heavy atom. The Balaban J connectivity index is 2.24. The van der Waals surface area contributed by atoms with Gasteiger partial charge < -0.3 is 10.2 Å². The molecule has 0 radical (unpaired) electrons. The highest BCUT2D eigenvalue weighted by atomic mass is 19.2. The number of rotatable bonds is 3. The first-order valence-corrected chi connectivity index (χ1v) is 6.52. The number of benzene rings is 1. The van der Waals surface area contributed by atoms with Gasteiger partial charge in [-0.05, 0) is 25.0 Å². The summed E-state index contributed by atoms with van der Waals surface area (Å²) in [5, 5.41) is 3.16. The van der Waals surface area contributed by atoms with Crippen LogP contribution in [-0.2, 0) is 4.79 Å². The first-order chi connectivity index (χ1) is 9.00. The molecular formula is C14H18F2N2O. The van der Waals surface area contributed by atoms with Crippen LogP contribution in [0.15, 0.2) is 18.2 Å². The lowest BCUT2D eigenvalue weighted by Gasteiger charge is -2.33. The fourth-order valence-corrected chi connectivity index (χ4v) is 2.37. The third-order valence-electron chi connectivity index (χ3n) is 3.20. The van der Waals surface area contributed by atoms with E-state index in [0.29, 0.717) is 6.54 Å². The highest BCUT2D eigenvalue weighted by Crippen LogP contribution is 2.25. The number of anilines is 1. The Morgan fingerprint density at radius 1 is 1.37 bits per heavy atom. The summed E-state index contributed by atoms with van der Waals surface area (Å²) in [6, 6.07) is 3.76. The summed E-state index contributed by atoms with van der Waals surface area (Å²) >= 11 is 0. The molecule has 0 bridgehead atoms. The minimum atomic E-state index is -0.957. The highest BCUT2D eigenvalue weighted by Gasteiger charge is 2.31. The average Bonchev–Trinajstić information content (AvgIpc) is 2.35. The monoisotopic (exact) mass is 268 g/mol. The molecule has 0 aromatic heterocycles. The standard InChI is InChI=1S/C14H18F2N2O/c1-9(2)17-11-6-4-8-18(14(11)19)12-7-3-5-10(15)13(12)16/h3,5,7,9,11,17H,4,6,8H2,1-2H3. The van der Waals surface area contributed by atoms with E-state index in [4.69, 9.17) is 0 Å². The van der Waals surface area contributed by atoms with E-state index in [9.17, 15) is 13.6 Å². The zero-order valence-electron chi connectivity index (χ0n) is 11.1. The summed E-state index contributed by atoms with van der Waals surface area (Å²) < 4.78 is 27.0. The molecule has 1 aromatic rings. The van der Waals surface area contributed by atoms with Crippen LogP contribution in [0.25, 0.3) is 0 Å². The molecule has 2 rings (SSSR count). The molecule has 3 nitrogen and oxygen atoms in total.